The van der Waals surface area contributed by atoms with Crippen LogP contribution in [0.1, 0.15) is 62.2 Å². The number of thiophene rings is 1. The van der Waals surface area contributed by atoms with Gasteiger partial charge in [-0.25, -0.2) is 5.10 Å². The number of nitrogens with one attached hydrogen (secondary N) is 3. The lowest BCUT2D eigenvalue weighted by atomic mass is 9.90. The van der Waals surface area contributed by atoms with E-state index in [1.807, 2.05) is 35.7 Å². The number of furan rings is 1. The van der Waals surface area contributed by atoms with Gasteiger partial charge in [0.2, 0.25) is 0 Å². The van der Waals surface area contributed by atoms with E-state index in [2.05, 4.69) is 26.9 Å². The van der Waals surface area contributed by atoms with Gasteiger partial charge >= 0.3 is 0 Å². The van der Waals surface area contributed by atoms with Crippen LogP contribution in [0.2, 0.25) is 0 Å². The third-order valence-corrected chi connectivity index (χ3v) is 7.03. The topological polar surface area (TPSA) is 100 Å². The van der Waals surface area contributed by atoms with E-state index < -0.39 is 0 Å². The molecule has 0 spiro atoms. The summed E-state index contributed by atoms with van der Waals surface area (Å²) in [5, 5.41) is 15.5. The van der Waals surface area contributed by atoms with Gasteiger partial charge in [0.1, 0.15) is 6.17 Å². The molecule has 7 nitrogen and oxygen atoms in total. The van der Waals surface area contributed by atoms with Crippen LogP contribution >= 0.6 is 11.3 Å². The zero-order chi connectivity index (χ0) is 23.3. The Balaban J connectivity index is 1.32. The highest BCUT2D eigenvalue weighted by Gasteiger charge is 2.20. The van der Waals surface area contributed by atoms with E-state index in [1.165, 1.54) is 4.88 Å². The zero-order valence-electron chi connectivity index (χ0n) is 18.7. The van der Waals surface area contributed by atoms with Gasteiger partial charge in [0.25, 0.3) is 11.5 Å². The summed E-state index contributed by atoms with van der Waals surface area (Å²) in [4.78, 5) is 26.5. The number of benzene rings is 1. The van der Waals surface area contributed by atoms with Gasteiger partial charge < -0.3 is 9.73 Å². The van der Waals surface area contributed by atoms with Gasteiger partial charge in [0.05, 0.1) is 18.2 Å². The van der Waals surface area contributed by atoms with Gasteiger partial charge in [-0.15, -0.1) is 11.3 Å². The van der Waals surface area contributed by atoms with Crippen molar-refractivity contribution in [3.8, 4) is 0 Å². The Hall–Kier alpha value is -3.49. The first-order valence-electron chi connectivity index (χ1n) is 11.4. The molecule has 0 fully saturated rings. The summed E-state index contributed by atoms with van der Waals surface area (Å²) in [7, 11) is 0. The zero-order valence-corrected chi connectivity index (χ0v) is 19.5. The third kappa shape index (κ3) is 5.03. The smallest absolute Gasteiger partial charge is 0.267 e. The second kappa shape index (κ2) is 10.2. The van der Waals surface area contributed by atoms with Gasteiger partial charge in [0.15, 0.2) is 0 Å². The van der Waals surface area contributed by atoms with Crippen LogP contribution in [0.3, 0.4) is 0 Å². The van der Waals surface area contributed by atoms with Crippen molar-refractivity contribution in [1.29, 1.82) is 0 Å². The van der Waals surface area contributed by atoms with Crippen LogP contribution in [-0.2, 0) is 25.8 Å². The van der Waals surface area contributed by atoms with E-state index in [9.17, 15) is 9.59 Å². The minimum atomic E-state index is -0.384. The van der Waals surface area contributed by atoms with Gasteiger partial charge in [-0.2, -0.15) is 5.10 Å². The number of nitrogens with zero attached hydrogens (tertiary/aromatic N) is 1. The normalized spacial score (nSPS) is 13.9. The van der Waals surface area contributed by atoms with Crippen LogP contribution in [0.15, 0.2) is 69.6 Å². The van der Waals surface area contributed by atoms with Crippen molar-refractivity contribution >= 4 is 17.2 Å². The Labute approximate surface area is 201 Å². The molecule has 0 aliphatic heterocycles. The molecule has 1 unspecified atom stereocenters. The summed E-state index contributed by atoms with van der Waals surface area (Å²) in [6.45, 7) is 0.636. The number of H-pyrrole nitrogens is 1. The van der Waals surface area contributed by atoms with Crippen molar-refractivity contribution in [2.75, 3.05) is 0 Å². The van der Waals surface area contributed by atoms with Crippen molar-refractivity contribution < 1.29 is 9.21 Å². The summed E-state index contributed by atoms with van der Waals surface area (Å²) in [6, 6.07) is 13.5. The molecule has 3 aromatic heterocycles. The number of aromatic amines is 1. The van der Waals surface area contributed by atoms with E-state index in [-0.39, 0.29) is 17.6 Å². The van der Waals surface area contributed by atoms with Crippen molar-refractivity contribution in [2.24, 2.45) is 0 Å². The Morgan fingerprint density at radius 3 is 2.82 bits per heavy atom. The fourth-order valence-corrected chi connectivity index (χ4v) is 5.07. The van der Waals surface area contributed by atoms with Gasteiger partial charge in [-0.05, 0) is 66.5 Å². The Morgan fingerprint density at radius 2 is 2.03 bits per heavy atom. The summed E-state index contributed by atoms with van der Waals surface area (Å²) < 4.78 is 5.24. The number of rotatable bonds is 8. The molecule has 34 heavy (non-hydrogen) atoms. The lowest BCUT2D eigenvalue weighted by molar-refractivity contribution is 0.0928. The molecule has 3 N–H and O–H groups in total. The van der Waals surface area contributed by atoms with Gasteiger partial charge in [-0.3, -0.25) is 14.9 Å². The first kappa shape index (κ1) is 22.3. The highest BCUT2D eigenvalue weighted by Crippen LogP contribution is 2.22. The van der Waals surface area contributed by atoms with Gasteiger partial charge in [0, 0.05) is 34.5 Å². The molecule has 4 aromatic rings. The summed E-state index contributed by atoms with van der Waals surface area (Å²) in [6.07, 6.45) is 7.20. The maximum Gasteiger partial charge on any atom is 0.267 e. The number of amides is 1. The number of hydrogen-bond acceptors (Lipinski definition) is 6. The average Bonchev–Trinajstić information content (AvgIpc) is 3.59. The maximum atomic E-state index is 13.2. The molecule has 1 amide bonds. The maximum absolute atomic E-state index is 13.2. The molecule has 1 aromatic carbocycles. The standard InChI is InChI=1S/C26H26N4O3S/c31-25(28-24(19-10-11-33-16-19)27-15-20-7-4-12-34-20)18-6-3-5-17(13-18)14-23-21-8-1-2-9-22(21)26(32)30-29-23/h3-7,10-13,16,24,27H,1-2,8-9,14-15H2,(H,28,31)(H,30,32). The molecule has 8 heteroatoms. The molecule has 3 heterocycles. The molecule has 1 atom stereocenters. The first-order valence-corrected chi connectivity index (χ1v) is 12.3. The molecule has 5 rings (SSSR count). The van der Waals surface area contributed by atoms with E-state index >= 15 is 0 Å². The fourth-order valence-electron chi connectivity index (χ4n) is 4.41. The molecule has 0 radical (unpaired) electrons. The third-order valence-electron chi connectivity index (χ3n) is 6.16. The van der Waals surface area contributed by atoms with Crippen molar-refractivity contribution in [3.05, 3.63) is 109 Å². The van der Waals surface area contributed by atoms with Crippen LogP contribution in [0.25, 0.3) is 0 Å². The second-order valence-electron chi connectivity index (χ2n) is 8.46. The lowest BCUT2D eigenvalue weighted by Gasteiger charge is -2.19. The van der Waals surface area contributed by atoms with Crippen LogP contribution in [-0.4, -0.2) is 16.1 Å². The molecule has 0 saturated carbocycles. The van der Waals surface area contributed by atoms with Crippen LogP contribution < -0.4 is 16.2 Å². The number of fused-ring (bicyclic) bond motifs is 1. The molecule has 174 valence electrons. The highest BCUT2D eigenvalue weighted by atomic mass is 32.1. The highest BCUT2D eigenvalue weighted by molar-refractivity contribution is 7.09. The Morgan fingerprint density at radius 1 is 1.15 bits per heavy atom. The van der Waals surface area contributed by atoms with Crippen molar-refractivity contribution in [2.45, 2.75) is 44.8 Å². The van der Waals surface area contributed by atoms with Crippen molar-refractivity contribution in [3.63, 3.8) is 0 Å². The minimum absolute atomic E-state index is 0.0769. The lowest BCUT2D eigenvalue weighted by Crippen LogP contribution is -2.37. The number of carbonyl (C=O) groups is 1. The fraction of sp³-hybridized carbons (Fsp3) is 0.269. The number of carbonyl (C=O) groups excluding carboxylic acids is 1. The molecule has 1 aliphatic carbocycles. The van der Waals surface area contributed by atoms with Crippen LogP contribution in [0, 0.1) is 0 Å². The summed E-state index contributed by atoms with van der Waals surface area (Å²) in [5.74, 6) is -0.178. The Bertz CT molecular complexity index is 1310. The summed E-state index contributed by atoms with van der Waals surface area (Å²) in [5.41, 5.74) is 5.15. The SMILES string of the molecule is O=C(NC(NCc1cccs1)c1ccoc1)c1cccc(Cc2n[nH]c(=O)c3c2CCCC3)c1. The van der Waals surface area contributed by atoms with Crippen LogP contribution in [0.5, 0.6) is 0 Å². The van der Waals surface area contributed by atoms with E-state index in [1.54, 1.807) is 29.9 Å². The molecule has 0 saturated heterocycles. The predicted molar refractivity (Wildman–Crippen MR) is 131 cm³/mol. The average molecular weight is 475 g/mol. The second-order valence-corrected chi connectivity index (χ2v) is 9.50. The quantitative estimate of drug-likeness (QED) is 0.334. The van der Waals surface area contributed by atoms with Crippen molar-refractivity contribution in [1.82, 2.24) is 20.8 Å². The molecule has 0 bridgehead atoms. The largest absolute Gasteiger partial charge is 0.472 e. The van der Waals surface area contributed by atoms with Crippen LogP contribution in [0.4, 0.5) is 0 Å². The predicted octanol–water partition coefficient (Wildman–Crippen LogP) is 4.11. The monoisotopic (exact) mass is 474 g/mol. The van der Waals surface area contributed by atoms with E-state index in [4.69, 9.17) is 4.42 Å². The molecular weight excluding hydrogens is 448 g/mol. The van der Waals surface area contributed by atoms with Gasteiger partial charge in [-0.1, -0.05) is 18.2 Å². The minimum Gasteiger partial charge on any atom is -0.472 e. The molecule has 1 aliphatic rings. The molecular formula is C26H26N4O3S. The number of hydrogen-bond donors (Lipinski definition) is 3. The Kier molecular flexibility index (Phi) is 6.69. The first-order chi connectivity index (χ1) is 16.7. The number of aromatic nitrogens is 2. The van der Waals surface area contributed by atoms with E-state index in [0.717, 1.165) is 53.6 Å². The van der Waals surface area contributed by atoms with E-state index in [0.29, 0.717) is 18.5 Å². The summed E-state index contributed by atoms with van der Waals surface area (Å²) >= 11 is 1.66.